The maximum atomic E-state index is 3.80. The number of nitrogens with zero attached hydrogens (tertiary/aromatic N) is 3. The molecule has 0 aromatic carbocycles. The third-order valence-electron chi connectivity index (χ3n) is 1.79. The molecule has 0 amide bonds. The SMILES string of the molecule is c1cc(N2CCC2)cnn1. The summed E-state index contributed by atoms with van der Waals surface area (Å²) in [6.45, 7) is 2.34. The number of hydrogen-bond acceptors (Lipinski definition) is 3. The molecule has 0 N–H and O–H groups in total. The van der Waals surface area contributed by atoms with Gasteiger partial charge in [0.05, 0.1) is 18.1 Å². The standard InChI is InChI=1S/C7H9N3/c1-4-10(5-1)7-2-3-8-9-6-7/h2-3,6H,1,4-5H2. The monoisotopic (exact) mass is 135 g/mol. The van der Waals surface area contributed by atoms with E-state index in [-0.39, 0.29) is 0 Å². The Labute approximate surface area is 59.7 Å². The van der Waals surface area contributed by atoms with E-state index >= 15 is 0 Å². The lowest BCUT2D eigenvalue weighted by Crippen LogP contribution is -2.36. The van der Waals surface area contributed by atoms with E-state index < -0.39 is 0 Å². The highest BCUT2D eigenvalue weighted by atomic mass is 15.2. The Morgan fingerprint density at radius 1 is 1.30 bits per heavy atom. The minimum absolute atomic E-state index is 1.17. The Morgan fingerprint density at radius 3 is 2.70 bits per heavy atom. The van der Waals surface area contributed by atoms with Crippen LogP contribution in [0.25, 0.3) is 0 Å². The van der Waals surface area contributed by atoms with Gasteiger partial charge in [0.2, 0.25) is 0 Å². The summed E-state index contributed by atoms with van der Waals surface area (Å²) in [7, 11) is 0. The molecule has 0 radical (unpaired) electrons. The van der Waals surface area contributed by atoms with Crippen LogP contribution >= 0.6 is 0 Å². The highest BCUT2D eigenvalue weighted by Gasteiger charge is 2.13. The van der Waals surface area contributed by atoms with Crippen molar-refractivity contribution in [2.45, 2.75) is 6.42 Å². The van der Waals surface area contributed by atoms with Gasteiger partial charge in [0, 0.05) is 13.1 Å². The molecule has 0 atom stereocenters. The van der Waals surface area contributed by atoms with E-state index in [0.29, 0.717) is 0 Å². The maximum absolute atomic E-state index is 3.80. The molecule has 3 nitrogen and oxygen atoms in total. The van der Waals surface area contributed by atoms with Gasteiger partial charge in [0.25, 0.3) is 0 Å². The van der Waals surface area contributed by atoms with E-state index in [1.807, 2.05) is 6.07 Å². The minimum atomic E-state index is 1.17. The summed E-state index contributed by atoms with van der Waals surface area (Å²) in [5.41, 5.74) is 1.20. The fourth-order valence-electron chi connectivity index (χ4n) is 1.05. The highest BCUT2D eigenvalue weighted by Crippen LogP contribution is 2.17. The zero-order valence-corrected chi connectivity index (χ0v) is 5.70. The predicted molar refractivity (Wildman–Crippen MR) is 38.9 cm³/mol. The third kappa shape index (κ3) is 0.835. The van der Waals surface area contributed by atoms with Gasteiger partial charge in [-0.2, -0.15) is 10.2 Å². The average molecular weight is 135 g/mol. The maximum Gasteiger partial charge on any atom is 0.0729 e. The van der Waals surface area contributed by atoms with Crippen LogP contribution in [-0.2, 0) is 0 Å². The van der Waals surface area contributed by atoms with Crippen LogP contribution in [0.1, 0.15) is 6.42 Å². The Kier molecular flexibility index (Phi) is 1.27. The van der Waals surface area contributed by atoms with Crippen molar-refractivity contribution in [1.29, 1.82) is 0 Å². The zero-order valence-electron chi connectivity index (χ0n) is 5.70. The first kappa shape index (κ1) is 5.65. The van der Waals surface area contributed by atoms with Crippen molar-refractivity contribution < 1.29 is 0 Å². The number of hydrogen-bond donors (Lipinski definition) is 0. The van der Waals surface area contributed by atoms with Gasteiger partial charge in [-0.15, -0.1) is 0 Å². The van der Waals surface area contributed by atoms with Gasteiger partial charge in [0.1, 0.15) is 0 Å². The first-order valence-corrected chi connectivity index (χ1v) is 3.48. The molecular weight excluding hydrogens is 126 g/mol. The van der Waals surface area contributed by atoms with E-state index in [4.69, 9.17) is 0 Å². The molecule has 1 aromatic rings. The van der Waals surface area contributed by atoms with Crippen molar-refractivity contribution in [3.8, 4) is 0 Å². The molecule has 1 fully saturated rings. The summed E-state index contributed by atoms with van der Waals surface area (Å²) >= 11 is 0. The molecule has 10 heavy (non-hydrogen) atoms. The first-order chi connectivity index (χ1) is 4.97. The Bertz CT molecular complexity index is 205. The lowest BCUT2D eigenvalue weighted by molar-refractivity contribution is 0.615. The van der Waals surface area contributed by atoms with E-state index in [1.54, 1.807) is 12.4 Å². The molecule has 2 rings (SSSR count). The van der Waals surface area contributed by atoms with Gasteiger partial charge in [0.15, 0.2) is 0 Å². The van der Waals surface area contributed by atoms with Crippen LogP contribution in [0.2, 0.25) is 0 Å². The van der Waals surface area contributed by atoms with Crippen molar-refractivity contribution in [2.75, 3.05) is 18.0 Å². The summed E-state index contributed by atoms with van der Waals surface area (Å²) in [6, 6.07) is 1.99. The Morgan fingerprint density at radius 2 is 2.20 bits per heavy atom. The fraction of sp³-hybridized carbons (Fsp3) is 0.429. The fourth-order valence-corrected chi connectivity index (χ4v) is 1.05. The molecule has 0 unspecified atom stereocenters. The largest absolute Gasteiger partial charge is 0.370 e. The number of anilines is 1. The van der Waals surface area contributed by atoms with Crippen LogP contribution in [0.3, 0.4) is 0 Å². The van der Waals surface area contributed by atoms with Crippen LogP contribution in [-0.4, -0.2) is 23.3 Å². The molecule has 1 aliphatic heterocycles. The quantitative estimate of drug-likeness (QED) is 0.567. The molecule has 1 saturated heterocycles. The first-order valence-electron chi connectivity index (χ1n) is 3.48. The molecule has 0 saturated carbocycles. The van der Waals surface area contributed by atoms with Gasteiger partial charge in [-0.1, -0.05) is 0 Å². The normalized spacial score (nSPS) is 16.6. The van der Waals surface area contributed by atoms with Gasteiger partial charge < -0.3 is 4.90 Å². The van der Waals surface area contributed by atoms with Gasteiger partial charge >= 0.3 is 0 Å². The molecule has 1 aliphatic rings. The summed E-state index contributed by atoms with van der Waals surface area (Å²) in [5.74, 6) is 0. The van der Waals surface area contributed by atoms with Crippen molar-refractivity contribution in [3.05, 3.63) is 18.5 Å². The van der Waals surface area contributed by atoms with Gasteiger partial charge in [-0.25, -0.2) is 0 Å². The predicted octanol–water partition coefficient (Wildman–Crippen LogP) is 0.687. The minimum Gasteiger partial charge on any atom is -0.370 e. The van der Waals surface area contributed by atoms with E-state index in [0.717, 1.165) is 0 Å². The summed E-state index contributed by atoms with van der Waals surface area (Å²) < 4.78 is 0. The molecule has 3 heteroatoms. The highest BCUT2D eigenvalue weighted by molar-refractivity contribution is 5.44. The second kappa shape index (κ2) is 2.25. The lowest BCUT2D eigenvalue weighted by atomic mass is 10.2. The van der Waals surface area contributed by atoms with Crippen LogP contribution < -0.4 is 4.90 Å². The topological polar surface area (TPSA) is 29.0 Å². The van der Waals surface area contributed by atoms with E-state index in [9.17, 15) is 0 Å². The van der Waals surface area contributed by atoms with Gasteiger partial charge in [-0.05, 0) is 12.5 Å². The Balaban J connectivity index is 2.18. The van der Waals surface area contributed by atoms with Crippen molar-refractivity contribution in [1.82, 2.24) is 10.2 Å². The smallest absolute Gasteiger partial charge is 0.0729 e. The second-order valence-electron chi connectivity index (χ2n) is 2.44. The third-order valence-corrected chi connectivity index (χ3v) is 1.79. The molecular formula is C7H9N3. The van der Waals surface area contributed by atoms with Gasteiger partial charge in [-0.3, -0.25) is 0 Å². The lowest BCUT2D eigenvalue weighted by Gasteiger charge is -2.32. The molecule has 0 bridgehead atoms. The van der Waals surface area contributed by atoms with E-state index in [2.05, 4.69) is 15.1 Å². The number of aromatic nitrogens is 2. The summed E-state index contributed by atoms with van der Waals surface area (Å²) in [5, 5.41) is 7.51. The molecule has 1 aromatic heterocycles. The summed E-state index contributed by atoms with van der Waals surface area (Å²) in [6.07, 6.45) is 4.84. The van der Waals surface area contributed by atoms with Crippen molar-refractivity contribution in [3.63, 3.8) is 0 Å². The van der Waals surface area contributed by atoms with Crippen LogP contribution in [0.5, 0.6) is 0 Å². The van der Waals surface area contributed by atoms with Crippen LogP contribution in [0.4, 0.5) is 5.69 Å². The molecule has 0 spiro atoms. The second-order valence-corrected chi connectivity index (χ2v) is 2.44. The van der Waals surface area contributed by atoms with Crippen LogP contribution in [0, 0.1) is 0 Å². The Hall–Kier alpha value is -1.12. The van der Waals surface area contributed by atoms with Crippen LogP contribution in [0.15, 0.2) is 18.5 Å². The zero-order chi connectivity index (χ0) is 6.81. The van der Waals surface area contributed by atoms with Crippen molar-refractivity contribution >= 4 is 5.69 Å². The van der Waals surface area contributed by atoms with E-state index in [1.165, 1.54) is 25.2 Å². The number of rotatable bonds is 1. The molecule has 52 valence electrons. The average Bonchev–Trinajstić information content (AvgIpc) is 1.86. The molecule has 0 aliphatic carbocycles. The summed E-state index contributed by atoms with van der Waals surface area (Å²) in [4.78, 5) is 2.29. The van der Waals surface area contributed by atoms with Crippen molar-refractivity contribution in [2.24, 2.45) is 0 Å². The molecule has 2 heterocycles.